The minimum absolute atomic E-state index is 0. The number of halogens is 1. The van der Waals surface area contributed by atoms with Gasteiger partial charge in [-0.2, -0.15) is 0 Å². The maximum Gasteiger partial charge on any atom is 2.00 e. The minimum Gasteiger partial charge on any atom is -1.00 e. The Kier molecular flexibility index (Phi) is 25.7. The maximum absolute atomic E-state index is 1.83. The second-order valence-electron chi connectivity index (χ2n) is 1.50. The molecular formula is CH9ClMgSi3. The molecule has 0 aromatic rings. The average molecular weight is 165 g/mol. The monoisotopic (exact) mass is 164 g/mol. The van der Waals surface area contributed by atoms with E-state index in [9.17, 15) is 0 Å². The van der Waals surface area contributed by atoms with Crippen LogP contribution in [-0.2, 0) is 0 Å². The molecule has 6 heavy (non-hydrogen) atoms. The van der Waals surface area contributed by atoms with Crippen LogP contribution >= 0.6 is 0 Å². The molecule has 0 amide bonds. The molecule has 0 aromatic carbocycles. The molecule has 0 saturated carbocycles. The molecular weight excluding hydrogens is 156 g/mol. The van der Waals surface area contributed by atoms with Crippen LogP contribution in [0.25, 0.3) is 0 Å². The fourth-order valence-corrected chi connectivity index (χ4v) is 0. The van der Waals surface area contributed by atoms with E-state index in [1.165, 1.54) is 30.7 Å². The number of rotatable bonds is 0. The third kappa shape index (κ3) is 43.4. The van der Waals surface area contributed by atoms with Crippen LogP contribution in [0.4, 0.5) is 0 Å². The first kappa shape index (κ1) is 15.6. The van der Waals surface area contributed by atoms with Crippen molar-refractivity contribution in [3.63, 3.8) is 0 Å². The Labute approximate surface area is 70.7 Å². The first-order valence-corrected chi connectivity index (χ1v) is 4.50. The van der Waals surface area contributed by atoms with E-state index in [4.69, 9.17) is 0 Å². The summed E-state index contributed by atoms with van der Waals surface area (Å²) < 4.78 is 0. The summed E-state index contributed by atoms with van der Waals surface area (Å²) in [5.74, 6) is 0. The summed E-state index contributed by atoms with van der Waals surface area (Å²) in [6.45, 7) is 0. The van der Waals surface area contributed by atoms with Crippen molar-refractivity contribution in [1.29, 1.82) is 0 Å². The molecule has 0 aromatic heterocycles. The van der Waals surface area contributed by atoms with Gasteiger partial charge in [0.1, 0.15) is 0 Å². The Morgan fingerprint density at radius 2 is 1.00 bits per heavy atom. The van der Waals surface area contributed by atoms with E-state index < -0.39 is 0 Å². The topological polar surface area (TPSA) is 0 Å². The molecule has 0 nitrogen and oxygen atoms in total. The van der Waals surface area contributed by atoms with Crippen molar-refractivity contribution >= 4 is 53.8 Å². The SMILES string of the molecule is [Cl-].[Mg+2].[SiH3][C-]([SiH3])[SiH3]. The molecule has 0 aliphatic rings. The van der Waals surface area contributed by atoms with Gasteiger partial charge in [0.2, 0.25) is 0 Å². The van der Waals surface area contributed by atoms with E-state index >= 15 is 0 Å². The molecule has 5 heteroatoms. The first-order valence-electron chi connectivity index (χ1n) is 1.50. The third-order valence-electron chi connectivity index (χ3n) is 0. The summed E-state index contributed by atoms with van der Waals surface area (Å²) in [4.78, 5) is 1.83. The molecule has 0 aliphatic heterocycles. The largest absolute Gasteiger partial charge is 2.00 e. The molecule has 0 N–H and O–H groups in total. The second kappa shape index (κ2) is 9.86. The molecule has 0 spiro atoms. The van der Waals surface area contributed by atoms with Gasteiger partial charge in [-0.05, 0) is 0 Å². The summed E-state index contributed by atoms with van der Waals surface area (Å²) in [7, 11) is 4.17. The molecule has 0 bridgehead atoms. The van der Waals surface area contributed by atoms with Gasteiger partial charge in [-0.15, -0.1) is 30.7 Å². The third-order valence-corrected chi connectivity index (χ3v) is 0. The van der Waals surface area contributed by atoms with Crippen LogP contribution < -0.4 is 12.4 Å². The van der Waals surface area contributed by atoms with Gasteiger partial charge < -0.3 is 17.2 Å². The Balaban J connectivity index is -0.0000000450. The Morgan fingerprint density at radius 3 is 1.00 bits per heavy atom. The van der Waals surface area contributed by atoms with Crippen molar-refractivity contribution in [2.24, 2.45) is 0 Å². The van der Waals surface area contributed by atoms with Gasteiger partial charge in [0.05, 0.1) is 0 Å². The summed E-state index contributed by atoms with van der Waals surface area (Å²) >= 11 is 0. The predicted molar refractivity (Wildman–Crippen MR) is 38.8 cm³/mol. The normalized spacial score (nSPS) is 7.50. The summed E-state index contributed by atoms with van der Waals surface area (Å²) in [5.41, 5.74) is 0. The number of hydrogen-bond donors (Lipinski definition) is 0. The molecule has 0 heterocycles. The van der Waals surface area contributed by atoms with Crippen molar-refractivity contribution in [1.82, 2.24) is 0 Å². The molecule has 0 aliphatic carbocycles. The van der Waals surface area contributed by atoms with Crippen molar-refractivity contribution in [2.45, 2.75) is 0 Å². The van der Waals surface area contributed by atoms with Crippen LogP contribution in [0, 0.1) is 4.79 Å². The number of hydrogen-bond acceptors (Lipinski definition) is 0. The molecule has 0 atom stereocenters. The van der Waals surface area contributed by atoms with Crippen molar-refractivity contribution in [3.8, 4) is 0 Å². The van der Waals surface area contributed by atoms with Crippen molar-refractivity contribution in [3.05, 3.63) is 4.79 Å². The van der Waals surface area contributed by atoms with E-state index in [2.05, 4.69) is 0 Å². The van der Waals surface area contributed by atoms with Crippen molar-refractivity contribution < 1.29 is 12.4 Å². The van der Waals surface area contributed by atoms with Crippen LogP contribution in [0.15, 0.2) is 0 Å². The van der Waals surface area contributed by atoms with Crippen LogP contribution in [0.5, 0.6) is 0 Å². The quantitative estimate of drug-likeness (QED) is 0.247. The van der Waals surface area contributed by atoms with Gasteiger partial charge in [0.25, 0.3) is 0 Å². The van der Waals surface area contributed by atoms with Crippen LogP contribution in [0.2, 0.25) is 0 Å². The van der Waals surface area contributed by atoms with Crippen LogP contribution in [0.3, 0.4) is 0 Å². The first-order chi connectivity index (χ1) is 1.73. The van der Waals surface area contributed by atoms with Crippen molar-refractivity contribution in [2.75, 3.05) is 0 Å². The zero-order valence-electron chi connectivity index (χ0n) is 4.59. The van der Waals surface area contributed by atoms with Gasteiger partial charge in [-0.1, -0.05) is 0 Å². The smallest absolute Gasteiger partial charge is 1.00 e. The maximum atomic E-state index is 1.83. The molecule has 0 fully saturated rings. The van der Waals surface area contributed by atoms with E-state index in [0.29, 0.717) is 0 Å². The van der Waals surface area contributed by atoms with Crippen LogP contribution in [-0.4, -0.2) is 53.8 Å². The molecule has 0 radical (unpaired) electrons. The molecule has 34 valence electrons. The second-order valence-corrected chi connectivity index (χ2v) is 13.5. The Bertz CT molecular complexity index is 15.5. The van der Waals surface area contributed by atoms with E-state index in [0.717, 1.165) is 0 Å². The molecule has 0 rings (SSSR count). The molecule has 0 unspecified atom stereocenters. The minimum atomic E-state index is 0. The summed E-state index contributed by atoms with van der Waals surface area (Å²) in [6.07, 6.45) is 0. The van der Waals surface area contributed by atoms with E-state index in [-0.39, 0.29) is 35.5 Å². The summed E-state index contributed by atoms with van der Waals surface area (Å²) in [6, 6.07) is 0. The fourth-order valence-electron chi connectivity index (χ4n) is 0. The van der Waals surface area contributed by atoms with E-state index in [1.807, 2.05) is 4.79 Å². The zero-order valence-corrected chi connectivity index (χ0v) is 12.8. The van der Waals surface area contributed by atoms with Gasteiger partial charge in [-0.3, -0.25) is 0 Å². The van der Waals surface area contributed by atoms with Gasteiger partial charge in [0.15, 0.2) is 0 Å². The van der Waals surface area contributed by atoms with Gasteiger partial charge in [-0.25, -0.2) is 0 Å². The molecule has 0 saturated heterocycles. The van der Waals surface area contributed by atoms with Crippen LogP contribution in [0.1, 0.15) is 0 Å². The summed E-state index contributed by atoms with van der Waals surface area (Å²) in [5, 5.41) is 0. The average Bonchev–Trinajstić information content (AvgIpc) is 0.811. The zero-order chi connectivity index (χ0) is 3.58. The standard InChI is InChI=1S/CH9Si3.ClH.Mg/c2-1(3)4;;/h2-4H3;1H;/q-1;;+2/p-1. The Hall–Kier alpha value is 1.71. The fraction of sp³-hybridized carbons (Fsp3) is 0. The Morgan fingerprint density at radius 1 is 1.00 bits per heavy atom. The van der Waals surface area contributed by atoms with Gasteiger partial charge in [0, 0.05) is 0 Å². The predicted octanol–water partition coefficient (Wildman–Crippen LogP) is -6.85. The van der Waals surface area contributed by atoms with E-state index in [1.54, 1.807) is 0 Å². The van der Waals surface area contributed by atoms with Gasteiger partial charge >= 0.3 is 23.1 Å².